The standard InChI is InChI=1S/C16H14Br2N2O6/c1-25-15(23)9-5-11(17)13(21)19(7-9)3-4-20-8-10(16(24)26-2)6-12(18)14(20)22/h5-8H,3-4H2,1-2H3. The van der Waals surface area contributed by atoms with Crippen LogP contribution in [0.3, 0.4) is 0 Å². The van der Waals surface area contributed by atoms with Gasteiger partial charge in [-0.15, -0.1) is 0 Å². The number of rotatable bonds is 5. The molecule has 2 aromatic rings. The number of hydrogen-bond acceptors (Lipinski definition) is 6. The number of carbonyl (C=O) groups excluding carboxylic acids is 2. The third kappa shape index (κ3) is 4.31. The van der Waals surface area contributed by atoms with Crippen LogP contribution in [0.2, 0.25) is 0 Å². The van der Waals surface area contributed by atoms with E-state index in [0.29, 0.717) is 0 Å². The van der Waals surface area contributed by atoms with Crippen LogP contribution in [0.5, 0.6) is 0 Å². The van der Waals surface area contributed by atoms with Crippen LogP contribution >= 0.6 is 31.9 Å². The number of hydrogen-bond donors (Lipinski definition) is 0. The van der Waals surface area contributed by atoms with Crippen LogP contribution in [0.15, 0.2) is 43.1 Å². The average molecular weight is 490 g/mol. The van der Waals surface area contributed by atoms with Gasteiger partial charge in [0.15, 0.2) is 0 Å². The SMILES string of the molecule is COC(=O)c1cc(Br)c(=O)n(CCn2cc(C(=O)OC)cc(Br)c2=O)c1. The van der Waals surface area contributed by atoms with Gasteiger partial charge in [-0.3, -0.25) is 9.59 Å². The Morgan fingerprint density at radius 1 is 0.846 bits per heavy atom. The summed E-state index contributed by atoms with van der Waals surface area (Å²) < 4.78 is 12.2. The number of ether oxygens (including phenoxy) is 2. The first-order chi connectivity index (χ1) is 12.3. The number of pyridine rings is 2. The fourth-order valence-corrected chi connectivity index (χ4v) is 3.15. The summed E-state index contributed by atoms with van der Waals surface area (Å²) in [6.07, 6.45) is 2.70. The minimum atomic E-state index is -0.591. The van der Waals surface area contributed by atoms with Crippen LogP contribution in [-0.2, 0) is 22.6 Å². The summed E-state index contributed by atoms with van der Waals surface area (Å²) >= 11 is 6.22. The second kappa shape index (κ2) is 8.45. The molecule has 0 saturated carbocycles. The normalized spacial score (nSPS) is 10.5. The maximum Gasteiger partial charge on any atom is 0.339 e. The zero-order valence-corrected chi connectivity index (χ0v) is 17.0. The number of methoxy groups -OCH3 is 2. The van der Waals surface area contributed by atoms with Crippen LogP contribution in [0.4, 0.5) is 0 Å². The van der Waals surface area contributed by atoms with Gasteiger partial charge in [0.1, 0.15) is 0 Å². The van der Waals surface area contributed by atoms with Gasteiger partial charge in [-0.1, -0.05) is 0 Å². The Hall–Kier alpha value is -2.20. The topological polar surface area (TPSA) is 96.6 Å². The van der Waals surface area contributed by atoms with Crippen molar-refractivity contribution in [1.82, 2.24) is 9.13 Å². The summed E-state index contributed by atoms with van der Waals surface area (Å²) in [5.74, 6) is -1.18. The molecule has 0 fully saturated rings. The zero-order chi connectivity index (χ0) is 19.4. The van der Waals surface area contributed by atoms with Crippen LogP contribution in [0.1, 0.15) is 20.7 Å². The highest BCUT2D eigenvalue weighted by Gasteiger charge is 2.13. The van der Waals surface area contributed by atoms with E-state index in [0.717, 1.165) is 0 Å². The van der Waals surface area contributed by atoms with E-state index in [1.165, 1.54) is 47.9 Å². The number of aromatic nitrogens is 2. The van der Waals surface area contributed by atoms with Crippen molar-refractivity contribution >= 4 is 43.8 Å². The molecule has 138 valence electrons. The molecule has 0 atom stereocenters. The Balaban J connectivity index is 2.37. The summed E-state index contributed by atoms with van der Waals surface area (Å²) in [6.45, 7) is 0.193. The molecule has 10 heteroatoms. The molecular weight excluding hydrogens is 476 g/mol. The monoisotopic (exact) mass is 488 g/mol. The highest BCUT2D eigenvalue weighted by Crippen LogP contribution is 2.10. The lowest BCUT2D eigenvalue weighted by Gasteiger charge is -2.12. The van der Waals surface area contributed by atoms with Crippen molar-refractivity contribution in [3.63, 3.8) is 0 Å². The lowest BCUT2D eigenvalue weighted by molar-refractivity contribution is 0.0590. The average Bonchev–Trinajstić information content (AvgIpc) is 2.64. The number of nitrogens with zero attached hydrogens (tertiary/aromatic N) is 2. The van der Waals surface area contributed by atoms with E-state index < -0.39 is 11.9 Å². The fourth-order valence-electron chi connectivity index (χ4n) is 2.21. The van der Waals surface area contributed by atoms with Crippen LogP contribution in [-0.4, -0.2) is 35.3 Å². The smallest absolute Gasteiger partial charge is 0.339 e. The molecular formula is C16H14Br2N2O6. The lowest BCUT2D eigenvalue weighted by atomic mass is 10.2. The first-order valence-corrected chi connectivity index (χ1v) is 8.83. The highest BCUT2D eigenvalue weighted by molar-refractivity contribution is 9.10. The van der Waals surface area contributed by atoms with Gasteiger partial charge in [-0.25, -0.2) is 9.59 Å². The molecule has 0 radical (unpaired) electrons. The van der Waals surface area contributed by atoms with Crippen molar-refractivity contribution in [2.24, 2.45) is 0 Å². The van der Waals surface area contributed by atoms with Gasteiger partial charge < -0.3 is 18.6 Å². The maximum absolute atomic E-state index is 12.2. The molecule has 0 amide bonds. The predicted molar refractivity (Wildman–Crippen MR) is 99.5 cm³/mol. The van der Waals surface area contributed by atoms with E-state index in [1.807, 2.05) is 0 Å². The molecule has 2 heterocycles. The van der Waals surface area contributed by atoms with Gasteiger partial charge in [-0.2, -0.15) is 0 Å². The van der Waals surface area contributed by atoms with Crippen LogP contribution in [0, 0.1) is 0 Å². The third-order valence-electron chi connectivity index (χ3n) is 3.51. The summed E-state index contributed by atoms with van der Waals surface area (Å²) in [7, 11) is 2.47. The van der Waals surface area contributed by atoms with Crippen LogP contribution < -0.4 is 11.1 Å². The molecule has 0 aliphatic heterocycles. The molecule has 0 N–H and O–H groups in total. The first-order valence-electron chi connectivity index (χ1n) is 7.25. The molecule has 0 saturated heterocycles. The Morgan fingerprint density at radius 2 is 1.19 bits per heavy atom. The number of aryl methyl sites for hydroxylation is 2. The largest absolute Gasteiger partial charge is 0.465 e. The van der Waals surface area contributed by atoms with Crippen molar-refractivity contribution in [3.05, 3.63) is 65.3 Å². The molecule has 2 aromatic heterocycles. The van der Waals surface area contributed by atoms with Crippen LogP contribution in [0.25, 0.3) is 0 Å². The molecule has 0 aliphatic rings. The predicted octanol–water partition coefficient (Wildman–Crippen LogP) is 1.81. The van der Waals surface area contributed by atoms with Crippen molar-refractivity contribution < 1.29 is 19.1 Å². The second-order valence-corrected chi connectivity index (χ2v) is 6.84. The highest BCUT2D eigenvalue weighted by atomic mass is 79.9. The Labute approximate surface area is 164 Å². The zero-order valence-electron chi connectivity index (χ0n) is 13.8. The molecule has 0 spiro atoms. The number of esters is 2. The summed E-state index contributed by atoms with van der Waals surface area (Å²) in [6, 6.07) is 2.73. The van der Waals surface area contributed by atoms with E-state index in [9.17, 15) is 19.2 Å². The first kappa shape index (κ1) is 20.1. The van der Waals surface area contributed by atoms with Crippen molar-refractivity contribution in [3.8, 4) is 0 Å². The fraction of sp³-hybridized carbons (Fsp3) is 0.250. The van der Waals surface area contributed by atoms with Gasteiger partial charge in [0.25, 0.3) is 11.1 Å². The quantitative estimate of drug-likeness (QED) is 0.594. The Morgan fingerprint density at radius 3 is 1.50 bits per heavy atom. The second-order valence-electron chi connectivity index (χ2n) is 5.13. The van der Waals surface area contributed by atoms with Gasteiger partial charge in [0.2, 0.25) is 0 Å². The molecule has 0 aliphatic carbocycles. The summed E-state index contributed by atoms with van der Waals surface area (Å²) in [4.78, 5) is 47.8. The lowest BCUT2D eigenvalue weighted by Crippen LogP contribution is -2.28. The third-order valence-corrected chi connectivity index (χ3v) is 4.64. The van der Waals surface area contributed by atoms with Gasteiger partial charge >= 0.3 is 11.9 Å². The minimum absolute atomic E-state index is 0.0965. The van der Waals surface area contributed by atoms with Gasteiger partial charge in [-0.05, 0) is 44.0 Å². The number of carbonyl (C=O) groups is 2. The van der Waals surface area contributed by atoms with Crippen molar-refractivity contribution in [2.75, 3.05) is 14.2 Å². The molecule has 0 unspecified atom stereocenters. The summed E-state index contributed by atoms with van der Waals surface area (Å²) in [5, 5.41) is 0. The van der Waals surface area contributed by atoms with Gasteiger partial charge in [0, 0.05) is 25.5 Å². The Kier molecular flexibility index (Phi) is 6.54. The van der Waals surface area contributed by atoms with E-state index >= 15 is 0 Å². The minimum Gasteiger partial charge on any atom is -0.465 e. The van der Waals surface area contributed by atoms with E-state index in [1.54, 1.807) is 0 Å². The van der Waals surface area contributed by atoms with Gasteiger partial charge in [0.05, 0.1) is 34.3 Å². The van der Waals surface area contributed by atoms with Crippen molar-refractivity contribution in [2.45, 2.75) is 13.1 Å². The maximum atomic E-state index is 12.2. The molecule has 2 rings (SSSR count). The van der Waals surface area contributed by atoms with E-state index in [2.05, 4.69) is 41.3 Å². The Bertz CT molecular complexity index is 900. The van der Waals surface area contributed by atoms with Crippen molar-refractivity contribution in [1.29, 1.82) is 0 Å². The molecule has 0 bridgehead atoms. The molecule has 0 aromatic carbocycles. The molecule has 8 nitrogen and oxygen atoms in total. The molecule has 26 heavy (non-hydrogen) atoms. The summed E-state index contributed by atoms with van der Waals surface area (Å²) in [5.41, 5.74) is -0.352. The number of halogens is 2. The van der Waals surface area contributed by atoms with E-state index in [-0.39, 0.29) is 44.3 Å². The van der Waals surface area contributed by atoms with E-state index in [4.69, 9.17) is 0 Å².